The van der Waals surface area contributed by atoms with Crippen molar-refractivity contribution in [1.29, 1.82) is 0 Å². The van der Waals surface area contributed by atoms with Crippen LogP contribution in [-0.4, -0.2) is 43.1 Å². The number of amides is 1. The molecule has 4 heteroatoms. The van der Waals surface area contributed by atoms with E-state index in [1.54, 1.807) is 0 Å². The van der Waals surface area contributed by atoms with Crippen molar-refractivity contribution in [3.63, 3.8) is 0 Å². The third-order valence-corrected chi connectivity index (χ3v) is 3.87. The number of nitrogens with zero attached hydrogens (tertiary/aromatic N) is 1. The Labute approximate surface area is 107 Å². The van der Waals surface area contributed by atoms with Crippen LogP contribution in [-0.2, 0) is 4.79 Å². The third-order valence-electron chi connectivity index (χ3n) is 3.87. The molecule has 1 N–H and O–H groups in total. The van der Waals surface area contributed by atoms with Crippen LogP contribution in [0.5, 0.6) is 5.75 Å². The van der Waals surface area contributed by atoms with Gasteiger partial charge in [0.15, 0.2) is 6.61 Å². The van der Waals surface area contributed by atoms with Crippen molar-refractivity contribution < 1.29 is 9.53 Å². The fraction of sp³-hybridized carbons (Fsp3) is 0.500. The molecule has 2 atom stereocenters. The Bertz CT molecular complexity index is 421. The van der Waals surface area contributed by atoms with Gasteiger partial charge in [0, 0.05) is 25.7 Å². The molecule has 1 aromatic rings. The van der Waals surface area contributed by atoms with E-state index in [9.17, 15) is 4.79 Å². The molecule has 2 saturated heterocycles. The van der Waals surface area contributed by atoms with Gasteiger partial charge in [0.05, 0.1) is 0 Å². The number of fused-ring (bicyclic) bond motifs is 1. The zero-order valence-corrected chi connectivity index (χ0v) is 10.3. The van der Waals surface area contributed by atoms with Gasteiger partial charge in [0.2, 0.25) is 0 Å². The van der Waals surface area contributed by atoms with Crippen molar-refractivity contribution in [2.75, 3.05) is 26.2 Å². The summed E-state index contributed by atoms with van der Waals surface area (Å²) in [7, 11) is 0. The zero-order chi connectivity index (χ0) is 12.4. The van der Waals surface area contributed by atoms with Gasteiger partial charge in [0.1, 0.15) is 5.75 Å². The second-order valence-electron chi connectivity index (χ2n) is 4.96. The van der Waals surface area contributed by atoms with E-state index in [1.807, 2.05) is 35.2 Å². The third kappa shape index (κ3) is 2.20. The molecule has 1 amide bonds. The van der Waals surface area contributed by atoms with Crippen LogP contribution in [0.15, 0.2) is 30.3 Å². The molecule has 1 aromatic carbocycles. The number of nitrogens with one attached hydrogen (secondary N) is 1. The van der Waals surface area contributed by atoms with E-state index < -0.39 is 0 Å². The highest BCUT2D eigenvalue weighted by atomic mass is 16.5. The summed E-state index contributed by atoms with van der Waals surface area (Å²) >= 11 is 0. The van der Waals surface area contributed by atoms with Gasteiger partial charge >= 0.3 is 0 Å². The molecular formula is C14H18N2O2. The van der Waals surface area contributed by atoms with Crippen LogP contribution in [0.1, 0.15) is 6.42 Å². The minimum absolute atomic E-state index is 0.107. The van der Waals surface area contributed by atoms with Crippen LogP contribution >= 0.6 is 0 Å². The Balaban J connectivity index is 1.56. The summed E-state index contributed by atoms with van der Waals surface area (Å²) in [6, 6.07) is 9.88. The Morgan fingerprint density at radius 3 is 3.00 bits per heavy atom. The highest BCUT2D eigenvalue weighted by Crippen LogP contribution is 2.27. The molecule has 96 valence electrons. The SMILES string of the molecule is O=C(COc1ccccc1)N1CC[C@H]2CNC[C@H]21. The number of para-hydroxylation sites is 1. The monoisotopic (exact) mass is 246 g/mol. The Morgan fingerprint density at radius 2 is 2.17 bits per heavy atom. The van der Waals surface area contributed by atoms with Crippen molar-refractivity contribution in [3.8, 4) is 5.75 Å². The van der Waals surface area contributed by atoms with Gasteiger partial charge in [-0.1, -0.05) is 18.2 Å². The predicted molar refractivity (Wildman–Crippen MR) is 68.4 cm³/mol. The topological polar surface area (TPSA) is 41.6 Å². The molecule has 0 radical (unpaired) electrons. The van der Waals surface area contributed by atoms with Crippen LogP contribution in [0.4, 0.5) is 0 Å². The van der Waals surface area contributed by atoms with E-state index >= 15 is 0 Å². The first kappa shape index (κ1) is 11.5. The van der Waals surface area contributed by atoms with Gasteiger partial charge < -0.3 is 15.0 Å². The standard InChI is InChI=1S/C14H18N2O2/c17-14(10-18-12-4-2-1-3-5-12)16-7-6-11-8-15-9-13(11)16/h1-5,11,13,15H,6-10H2/t11-,13+/m0/s1. The molecule has 0 aliphatic carbocycles. The smallest absolute Gasteiger partial charge is 0.260 e. The first-order valence-corrected chi connectivity index (χ1v) is 6.52. The lowest BCUT2D eigenvalue weighted by Crippen LogP contribution is -2.41. The molecule has 2 fully saturated rings. The number of likely N-dealkylation sites (tertiary alicyclic amines) is 1. The minimum atomic E-state index is 0.107. The fourth-order valence-electron chi connectivity index (χ4n) is 2.90. The van der Waals surface area contributed by atoms with Crippen molar-refractivity contribution >= 4 is 5.91 Å². The molecule has 4 nitrogen and oxygen atoms in total. The molecule has 0 bridgehead atoms. The molecule has 0 saturated carbocycles. The summed E-state index contributed by atoms with van der Waals surface area (Å²) < 4.78 is 5.52. The molecule has 3 rings (SSSR count). The van der Waals surface area contributed by atoms with E-state index in [1.165, 1.54) is 0 Å². The Kier molecular flexibility index (Phi) is 3.19. The average molecular weight is 246 g/mol. The molecule has 0 spiro atoms. The van der Waals surface area contributed by atoms with Crippen LogP contribution in [0, 0.1) is 5.92 Å². The molecule has 18 heavy (non-hydrogen) atoms. The van der Waals surface area contributed by atoms with Gasteiger partial charge in [-0.25, -0.2) is 0 Å². The minimum Gasteiger partial charge on any atom is -0.484 e. The van der Waals surface area contributed by atoms with Gasteiger partial charge in [0.25, 0.3) is 5.91 Å². The van der Waals surface area contributed by atoms with Crippen LogP contribution in [0.2, 0.25) is 0 Å². The fourth-order valence-corrected chi connectivity index (χ4v) is 2.90. The number of ether oxygens (including phenoxy) is 1. The summed E-state index contributed by atoms with van der Waals surface area (Å²) in [4.78, 5) is 14.1. The number of hydrogen-bond donors (Lipinski definition) is 1. The largest absolute Gasteiger partial charge is 0.484 e. The van der Waals surface area contributed by atoms with Crippen molar-refractivity contribution in [3.05, 3.63) is 30.3 Å². The van der Waals surface area contributed by atoms with Crippen molar-refractivity contribution in [1.82, 2.24) is 10.2 Å². The maximum Gasteiger partial charge on any atom is 0.260 e. The van der Waals surface area contributed by atoms with E-state index in [2.05, 4.69) is 5.32 Å². The second kappa shape index (κ2) is 4.98. The lowest BCUT2D eigenvalue weighted by atomic mass is 10.1. The molecule has 2 aliphatic rings. The van der Waals surface area contributed by atoms with Gasteiger partial charge in [-0.05, 0) is 24.5 Å². The van der Waals surface area contributed by atoms with Gasteiger partial charge in [-0.2, -0.15) is 0 Å². The van der Waals surface area contributed by atoms with Crippen molar-refractivity contribution in [2.45, 2.75) is 12.5 Å². The van der Waals surface area contributed by atoms with Crippen LogP contribution < -0.4 is 10.1 Å². The molecule has 2 aliphatic heterocycles. The molecular weight excluding hydrogens is 228 g/mol. The first-order valence-electron chi connectivity index (χ1n) is 6.52. The summed E-state index contributed by atoms with van der Waals surface area (Å²) in [5.74, 6) is 1.51. The van der Waals surface area contributed by atoms with E-state index in [4.69, 9.17) is 4.74 Å². The summed E-state index contributed by atoms with van der Waals surface area (Å²) in [6.45, 7) is 3.01. The maximum atomic E-state index is 12.1. The second-order valence-corrected chi connectivity index (χ2v) is 4.96. The van der Waals surface area contributed by atoms with Crippen LogP contribution in [0.25, 0.3) is 0 Å². The lowest BCUT2D eigenvalue weighted by Gasteiger charge is -2.23. The van der Waals surface area contributed by atoms with Crippen molar-refractivity contribution in [2.24, 2.45) is 5.92 Å². The summed E-state index contributed by atoms with van der Waals surface area (Å²) in [5, 5.41) is 3.35. The van der Waals surface area contributed by atoms with E-state index in [0.29, 0.717) is 12.0 Å². The van der Waals surface area contributed by atoms with Gasteiger partial charge in [-0.15, -0.1) is 0 Å². The van der Waals surface area contributed by atoms with Gasteiger partial charge in [-0.3, -0.25) is 4.79 Å². The number of carbonyl (C=O) groups is 1. The van der Waals surface area contributed by atoms with E-state index in [-0.39, 0.29) is 12.5 Å². The number of rotatable bonds is 3. The number of benzene rings is 1. The Morgan fingerprint density at radius 1 is 1.33 bits per heavy atom. The highest BCUT2D eigenvalue weighted by molar-refractivity contribution is 5.78. The zero-order valence-electron chi connectivity index (χ0n) is 10.3. The normalized spacial score (nSPS) is 26.1. The molecule has 0 unspecified atom stereocenters. The number of hydrogen-bond acceptors (Lipinski definition) is 3. The van der Waals surface area contributed by atoms with Crippen LogP contribution in [0.3, 0.4) is 0 Å². The lowest BCUT2D eigenvalue weighted by molar-refractivity contribution is -0.134. The molecule has 0 aromatic heterocycles. The van der Waals surface area contributed by atoms with E-state index in [0.717, 1.165) is 31.8 Å². The summed E-state index contributed by atoms with van der Waals surface area (Å²) in [5.41, 5.74) is 0. The summed E-state index contributed by atoms with van der Waals surface area (Å²) in [6.07, 6.45) is 1.12. The first-order chi connectivity index (χ1) is 8.84. The quantitative estimate of drug-likeness (QED) is 0.861. The predicted octanol–water partition coefficient (Wildman–Crippen LogP) is 0.886. The maximum absolute atomic E-state index is 12.1. The average Bonchev–Trinajstić information content (AvgIpc) is 2.99. The molecule has 2 heterocycles. The highest BCUT2D eigenvalue weighted by Gasteiger charge is 2.39. The number of carbonyl (C=O) groups excluding carboxylic acids is 1. The Hall–Kier alpha value is -1.55.